The minimum absolute atomic E-state index is 0.0756. The van der Waals surface area contributed by atoms with Gasteiger partial charge in [-0.25, -0.2) is 4.79 Å². The number of carbonyl (C=O) groups is 2. The van der Waals surface area contributed by atoms with Crippen LogP contribution in [0.15, 0.2) is 36.4 Å². The molecular formula is C18H16I3NO4. The second kappa shape index (κ2) is 9.53. The fourth-order valence-corrected chi connectivity index (χ4v) is 6.67. The number of hydrogen-bond acceptors (Lipinski definition) is 3. The summed E-state index contributed by atoms with van der Waals surface area (Å²) >= 11 is 6.43. The quantitative estimate of drug-likeness (QED) is 0.430. The van der Waals surface area contributed by atoms with Crippen LogP contribution in [-0.4, -0.2) is 23.5 Å². The van der Waals surface area contributed by atoms with E-state index in [1.807, 2.05) is 19.1 Å². The molecule has 0 spiro atoms. The van der Waals surface area contributed by atoms with Gasteiger partial charge in [-0.3, -0.25) is 4.79 Å². The third-order valence-electron chi connectivity index (χ3n) is 3.63. The van der Waals surface area contributed by atoms with Crippen molar-refractivity contribution < 1.29 is 19.4 Å². The summed E-state index contributed by atoms with van der Waals surface area (Å²) in [5.41, 5.74) is 1.31. The van der Waals surface area contributed by atoms with Crippen molar-refractivity contribution in [2.75, 3.05) is 11.4 Å². The molecule has 26 heavy (non-hydrogen) atoms. The first-order chi connectivity index (χ1) is 12.3. The highest BCUT2D eigenvalue weighted by atomic mass is 127. The van der Waals surface area contributed by atoms with Crippen molar-refractivity contribution in [1.82, 2.24) is 0 Å². The number of anilines is 1. The van der Waals surface area contributed by atoms with E-state index in [9.17, 15) is 14.7 Å². The Morgan fingerprint density at radius 2 is 1.77 bits per heavy atom. The normalized spacial score (nSPS) is 11.7. The standard InChI is InChI=1S/C18H16I3NO4/c1-3-22(10(2)23)15-12(19)9-13(20)17(14(15)21)26-16(18(24)25)11-7-5-4-6-8-11/h4-9,16H,3H2,1-2H3,(H,24,25). The van der Waals surface area contributed by atoms with E-state index in [-0.39, 0.29) is 5.91 Å². The Kier molecular flexibility index (Phi) is 7.94. The maximum Gasteiger partial charge on any atom is 0.349 e. The van der Waals surface area contributed by atoms with Crippen LogP contribution in [0.5, 0.6) is 5.75 Å². The molecule has 0 aliphatic rings. The van der Waals surface area contributed by atoms with Crippen LogP contribution in [-0.2, 0) is 9.59 Å². The van der Waals surface area contributed by atoms with Gasteiger partial charge in [0.1, 0.15) is 5.75 Å². The topological polar surface area (TPSA) is 66.8 Å². The van der Waals surface area contributed by atoms with Gasteiger partial charge in [0.2, 0.25) is 12.0 Å². The Hall–Kier alpha value is -0.630. The van der Waals surface area contributed by atoms with Gasteiger partial charge in [-0.15, -0.1) is 0 Å². The SMILES string of the molecule is CCN(C(C)=O)c1c(I)cc(I)c(OC(C(=O)O)c2ccccc2)c1I. The highest BCUT2D eigenvalue weighted by Gasteiger charge is 2.27. The summed E-state index contributed by atoms with van der Waals surface area (Å²) in [6.45, 7) is 3.93. The molecule has 2 aromatic rings. The van der Waals surface area contributed by atoms with Gasteiger partial charge in [-0.05, 0) is 80.8 Å². The molecule has 0 radical (unpaired) electrons. The van der Waals surface area contributed by atoms with E-state index in [0.29, 0.717) is 17.9 Å². The predicted molar refractivity (Wildman–Crippen MR) is 126 cm³/mol. The van der Waals surface area contributed by atoms with E-state index in [2.05, 4.69) is 67.8 Å². The predicted octanol–water partition coefficient (Wildman–Crippen LogP) is 5.08. The Balaban J connectivity index is 2.55. The molecule has 1 N–H and O–H groups in total. The third-order valence-corrected chi connectivity index (χ3v) is 6.26. The van der Waals surface area contributed by atoms with Crippen molar-refractivity contribution in [1.29, 1.82) is 0 Å². The van der Waals surface area contributed by atoms with Gasteiger partial charge in [0, 0.05) is 22.6 Å². The minimum Gasteiger partial charge on any atom is -0.478 e. The fraction of sp³-hybridized carbons (Fsp3) is 0.222. The average molecular weight is 691 g/mol. The number of nitrogens with zero attached hydrogens (tertiary/aromatic N) is 1. The summed E-state index contributed by atoms with van der Waals surface area (Å²) in [7, 11) is 0. The Morgan fingerprint density at radius 3 is 2.27 bits per heavy atom. The smallest absolute Gasteiger partial charge is 0.349 e. The number of aliphatic carboxylic acids is 1. The number of carbonyl (C=O) groups excluding carboxylic acids is 1. The molecule has 0 fully saturated rings. The van der Waals surface area contributed by atoms with Crippen LogP contribution in [0, 0.1) is 10.7 Å². The number of rotatable bonds is 6. The van der Waals surface area contributed by atoms with Crippen LogP contribution in [0.2, 0.25) is 0 Å². The molecule has 138 valence electrons. The van der Waals surface area contributed by atoms with Crippen molar-refractivity contribution in [3.8, 4) is 5.75 Å². The van der Waals surface area contributed by atoms with E-state index in [4.69, 9.17) is 4.74 Å². The first-order valence-corrected chi connectivity index (χ1v) is 10.9. The molecule has 0 saturated heterocycles. The lowest BCUT2D eigenvalue weighted by molar-refractivity contribution is -0.145. The van der Waals surface area contributed by atoms with Crippen LogP contribution in [0.1, 0.15) is 25.5 Å². The van der Waals surface area contributed by atoms with Gasteiger partial charge in [-0.1, -0.05) is 30.3 Å². The van der Waals surface area contributed by atoms with Crippen LogP contribution in [0.25, 0.3) is 0 Å². The van der Waals surface area contributed by atoms with E-state index >= 15 is 0 Å². The van der Waals surface area contributed by atoms with Gasteiger partial charge >= 0.3 is 5.97 Å². The van der Waals surface area contributed by atoms with Gasteiger partial charge in [0.05, 0.1) is 12.8 Å². The number of amides is 1. The minimum atomic E-state index is -1.13. The number of ether oxygens (including phenoxy) is 1. The van der Waals surface area contributed by atoms with Gasteiger partial charge in [0.25, 0.3) is 0 Å². The van der Waals surface area contributed by atoms with E-state index in [1.165, 1.54) is 6.92 Å². The van der Waals surface area contributed by atoms with Crippen molar-refractivity contribution in [3.05, 3.63) is 52.7 Å². The van der Waals surface area contributed by atoms with Crippen LogP contribution in [0.3, 0.4) is 0 Å². The van der Waals surface area contributed by atoms with Gasteiger partial charge in [0.15, 0.2) is 0 Å². The van der Waals surface area contributed by atoms with E-state index in [0.717, 1.165) is 16.4 Å². The highest BCUT2D eigenvalue weighted by molar-refractivity contribution is 14.1. The monoisotopic (exact) mass is 691 g/mol. The molecule has 0 bridgehead atoms. The summed E-state index contributed by atoms with van der Waals surface area (Å²) in [5.74, 6) is -0.673. The molecule has 1 amide bonds. The summed E-state index contributed by atoms with van der Waals surface area (Å²) in [4.78, 5) is 25.4. The van der Waals surface area contributed by atoms with E-state index in [1.54, 1.807) is 29.2 Å². The van der Waals surface area contributed by atoms with Crippen LogP contribution in [0.4, 0.5) is 5.69 Å². The number of halogens is 3. The second-order valence-electron chi connectivity index (χ2n) is 5.34. The fourth-order valence-electron chi connectivity index (χ4n) is 2.46. The molecule has 5 nitrogen and oxygen atoms in total. The maximum atomic E-state index is 12.0. The van der Waals surface area contributed by atoms with Gasteiger partial charge < -0.3 is 14.7 Å². The Labute approximate surface area is 192 Å². The first-order valence-electron chi connectivity index (χ1n) is 7.67. The lowest BCUT2D eigenvalue weighted by Gasteiger charge is -2.25. The Bertz CT molecular complexity index is 827. The van der Waals surface area contributed by atoms with Crippen molar-refractivity contribution in [2.24, 2.45) is 0 Å². The molecule has 1 atom stereocenters. The van der Waals surface area contributed by atoms with Crippen LogP contribution < -0.4 is 9.64 Å². The van der Waals surface area contributed by atoms with Crippen molar-refractivity contribution in [3.63, 3.8) is 0 Å². The second-order valence-corrected chi connectivity index (χ2v) is 8.75. The van der Waals surface area contributed by atoms with Crippen molar-refractivity contribution >= 4 is 85.3 Å². The third kappa shape index (κ3) is 4.80. The number of benzene rings is 2. The molecule has 0 saturated carbocycles. The lowest BCUT2D eigenvalue weighted by atomic mass is 10.1. The molecule has 1 unspecified atom stereocenters. The maximum absolute atomic E-state index is 12.0. The molecule has 0 aliphatic carbocycles. The highest BCUT2D eigenvalue weighted by Crippen LogP contribution is 2.40. The molecule has 2 rings (SSSR count). The lowest BCUT2D eigenvalue weighted by Crippen LogP contribution is -2.30. The molecule has 8 heteroatoms. The first kappa shape index (κ1) is 21.7. The van der Waals surface area contributed by atoms with Crippen molar-refractivity contribution in [2.45, 2.75) is 20.0 Å². The zero-order valence-electron chi connectivity index (χ0n) is 14.0. The molecule has 2 aromatic carbocycles. The van der Waals surface area contributed by atoms with Gasteiger partial charge in [-0.2, -0.15) is 0 Å². The average Bonchev–Trinajstić information content (AvgIpc) is 2.58. The number of carboxylic acids is 1. The zero-order valence-corrected chi connectivity index (χ0v) is 20.5. The summed E-state index contributed by atoms with van der Waals surface area (Å²) in [6.07, 6.45) is -1.13. The largest absolute Gasteiger partial charge is 0.478 e. The van der Waals surface area contributed by atoms with E-state index < -0.39 is 12.1 Å². The molecule has 0 aliphatic heterocycles. The Morgan fingerprint density at radius 1 is 1.15 bits per heavy atom. The molecule has 0 heterocycles. The summed E-state index contributed by atoms with van der Waals surface area (Å²) in [5, 5.41) is 9.64. The number of carboxylic acid groups (broad SMARTS) is 1. The molecule has 0 aromatic heterocycles. The number of hydrogen-bond donors (Lipinski definition) is 1. The zero-order chi connectivity index (χ0) is 19.4. The molecular weight excluding hydrogens is 675 g/mol. The van der Waals surface area contributed by atoms with Crippen LogP contribution >= 0.6 is 67.8 Å². The summed E-state index contributed by atoms with van der Waals surface area (Å²) in [6, 6.07) is 10.7. The summed E-state index contributed by atoms with van der Waals surface area (Å²) < 4.78 is 8.36.